The Morgan fingerprint density at radius 3 is 1.23 bits per heavy atom. The molecule has 10 nitrogen and oxygen atoms in total. The average molecular weight is 578 g/mol. The molecular weight excluding hydrogens is 518 g/mol. The van der Waals surface area contributed by atoms with Crippen molar-refractivity contribution in [3.05, 3.63) is 0 Å². The van der Waals surface area contributed by atoms with Crippen LogP contribution in [0.2, 0.25) is 0 Å². The second kappa shape index (κ2) is 33.9. The molecule has 0 aliphatic rings. The number of unbranched alkanes of at least 4 members (excludes halogenated alkanes) is 10. The van der Waals surface area contributed by atoms with E-state index in [2.05, 4.69) is 12.2 Å². The lowest BCUT2D eigenvalue weighted by atomic mass is 10.1. The van der Waals surface area contributed by atoms with Crippen molar-refractivity contribution in [3.8, 4) is 0 Å². The topological polar surface area (TPSA) is 122 Å². The molecule has 40 heavy (non-hydrogen) atoms. The highest BCUT2D eigenvalue weighted by molar-refractivity contribution is 5.80. The number of amides is 1. The van der Waals surface area contributed by atoms with E-state index < -0.39 is 5.97 Å². The molecule has 0 atom stereocenters. The summed E-state index contributed by atoms with van der Waals surface area (Å²) in [5.41, 5.74) is 0. The third-order valence-electron chi connectivity index (χ3n) is 6.11. The Morgan fingerprint density at radius 1 is 0.475 bits per heavy atom. The number of hydrogen-bond donors (Lipinski definition) is 2. The summed E-state index contributed by atoms with van der Waals surface area (Å²) in [6, 6.07) is 0. The second-order valence-electron chi connectivity index (χ2n) is 9.81. The fourth-order valence-corrected chi connectivity index (χ4v) is 3.78. The number of hydrogen-bond acceptors (Lipinski definition) is 8. The zero-order valence-corrected chi connectivity index (χ0v) is 25.3. The monoisotopic (exact) mass is 577 g/mol. The number of carbonyl (C=O) groups excluding carboxylic acids is 1. The summed E-state index contributed by atoms with van der Waals surface area (Å²) >= 11 is 0. The van der Waals surface area contributed by atoms with Gasteiger partial charge in [0.05, 0.1) is 72.5 Å². The standard InChI is InChI=1S/C30H59NO9/c1-2-3-4-5-6-7-8-9-10-11-12-17-35-19-21-37-23-25-39-27-28-40-26-24-38-22-20-36-18-13-16-31-29(32)14-15-30(33)34/h2-28H2,1H3,(H,31,32)(H,33,34). The van der Waals surface area contributed by atoms with Gasteiger partial charge in [0.15, 0.2) is 0 Å². The van der Waals surface area contributed by atoms with Crippen LogP contribution in [0.3, 0.4) is 0 Å². The first-order valence-corrected chi connectivity index (χ1v) is 15.6. The molecule has 1 amide bonds. The highest BCUT2D eigenvalue weighted by Gasteiger charge is 2.04. The number of carboxylic acids is 1. The number of carbonyl (C=O) groups is 2. The van der Waals surface area contributed by atoms with Crippen molar-refractivity contribution in [3.63, 3.8) is 0 Å². The van der Waals surface area contributed by atoms with Crippen molar-refractivity contribution >= 4 is 11.9 Å². The van der Waals surface area contributed by atoms with Gasteiger partial charge < -0.3 is 38.8 Å². The third kappa shape index (κ3) is 34.7. The largest absolute Gasteiger partial charge is 0.481 e. The lowest BCUT2D eigenvalue weighted by Crippen LogP contribution is -2.25. The van der Waals surface area contributed by atoms with Crippen LogP contribution >= 0.6 is 0 Å². The van der Waals surface area contributed by atoms with Gasteiger partial charge >= 0.3 is 5.97 Å². The molecule has 0 fully saturated rings. The van der Waals surface area contributed by atoms with Crippen molar-refractivity contribution in [1.82, 2.24) is 5.32 Å². The van der Waals surface area contributed by atoms with Crippen molar-refractivity contribution in [2.75, 3.05) is 85.8 Å². The zero-order chi connectivity index (χ0) is 29.2. The van der Waals surface area contributed by atoms with Crippen molar-refractivity contribution < 1.29 is 43.1 Å². The number of nitrogens with one attached hydrogen (secondary N) is 1. The SMILES string of the molecule is CCCCCCCCCCCCCOCCOCCOCCOCCOCCOCCCNC(=O)CCC(=O)O. The fraction of sp³-hybridized carbons (Fsp3) is 0.933. The van der Waals surface area contributed by atoms with Gasteiger partial charge in [-0.05, 0) is 12.8 Å². The zero-order valence-electron chi connectivity index (χ0n) is 25.3. The molecule has 0 spiro atoms. The Labute approximate surface area is 243 Å². The van der Waals surface area contributed by atoms with Crippen LogP contribution < -0.4 is 5.32 Å². The first kappa shape index (κ1) is 38.7. The molecule has 0 radical (unpaired) electrons. The summed E-state index contributed by atoms with van der Waals surface area (Å²) in [5.74, 6) is -1.23. The van der Waals surface area contributed by atoms with E-state index in [1.165, 1.54) is 64.2 Å². The third-order valence-corrected chi connectivity index (χ3v) is 6.11. The highest BCUT2D eigenvalue weighted by Crippen LogP contribution is 2.11. The first-order valence-electron chi connectivity index (χ1n) is 15.6. The normalized spacial score (nSPS) is 11.2. The van der Waals surface area contributed by atoms with E-state index in [0.717, 1.165) is 13.0 Å². The molecule has 0 aromatic carbocycles. The molecule has 0 aliphatic carbocycles. The molecule has 0 heterocycles. The lowest BCUT2D eigenvalue weighted by Gasteiger charge is -2.08. The van der Waals surface area contributed by atoms with Crippen LogP contribution in [0.1, 0.15) is 96.8 Å². The van der Waals surface area contributed by atoms with E-state index in [0.29, 0.717) is 85.6 Å². The van der Waals surface area contributed by atoms with Crippen molar-refractivity contribution in [2.45, 2.75) is 96.8 Å². The number of rotatable bonds is 34. The van der Waals surface area contributed by atoms with Gasteiger partial charge in [0.25, 0.3) is 0 Å². The van der Waals surface area contributed by atoms with E-state index in [4.69, 9.17) is 33.5 Å². The maximum absolute atomic E-state index is 11.3. The van der Waals surface area contributed by atoms with Gasteiger partial charge in [-0.3, -0.25) is 9.59 Å². The van der Waals surface area contributed by atoms with Crippen molar-refractivity contribution in [2.24, 2.45) is 0 Å². The molecule has 0 unspecified atom stereocenters. The van der Waals surface area contributed by atoms with Gasteiger partial charge in [-0.2, -0.15) is 0 Å². The minimum absolute atomic E-state index is 0.00205. The summed E-state index contributed by atoms with van der Waals surface area (Å²) in [7, 11) is 0. The molecule has 0 saturated heterocycles. The van der Waals surface area contributed by atoms with Crippen LogP contribution in [0.25, 0.3) is 0 Å². The molecule has 238 valence electrons. The number of carboxylic acid groups (broad SMARTS) is 1. The minimum atomic E-state index is -0.973. The molecule has 0 saturated carbocycles. The summed E-state index contributed by atoms with van der Waals surface area (Å²) in [6.45, 7) is 9.38. The molecule has 0 aromatic heterocycles. The summed E-state index contributed by atoms with van der Waals surface area (Å²) in [4.78, 5) is 21.7. The molecular formula is C30H59NO9. The predicted octanol–water partition coefficient (Wildman–Crippen LogP) is 4.77. The number of ether oxygens (including phenoxy) is 6. The summed E-state index contributed by atoms with van der Waals surface area (Å²) < 4.78 is 32.9. The fourth-order valence-electron chi connectivity index (χ4n) is 3.78. The maximum atomic E-state index is 11.3. The van der Waals surface area contributed by atoms with Gasteiger partial charge in [-0.25, -0.2) is 0 Å². The van der Waals surface area contributed by atoms with Gasteiger partial charge in [-0.1, -0.05) is 71.1 Å². The van der Waals surface area contributed by atoms with E-state index in [-0.39, 0.29) is 18.7 Å². The molecule has 0 aromatic rings. The Kier molecular flexibility index (Phi) is 32.8. The second-order valence-corrected chi connectivity index (χ2v) is 9.81. The summed E-state index contributed by atoms with van der Waals surface area (Å²) in [5, 5.41) is 11.2. The van der Waals surface area contributed by atoms with Gasteiger partial charge in [-0.15, -0.1) is 0 Å². The predicted molar refractivity (Wildman–Crippen MR) is 156 cm³/mol. The number of aliphatic carboxylic acids is 1. The molecule has 2 N–H and O–H groups in total. The molecule has 0 aliphatic heterocycles. The smallest absolute Gasteiger partial charge is 0.303 e. The highest BCUT2D eigenvalue weighted by atomic mass is 16.6. The van der Waals surface area contributed by atoms with Crippen LogP contribution in [0.15, 0.2) is 0 Å². The minimum Gasteiger partial charge on any atom is -0.481 e. The molecule has 0 bridgehead atoms. The van der Waals surface area contributed by atoms with Crippen LogP contribution in [0, 0.1) is 0 Å². The van der Waals surface area contributed by atoms with Gasteiger partial charge in [0.2, 0.25) is 5.91 Å². The Hall–Kier alpha value is -1.30. The molecule has 10 heteroatoms. The Bertz CT molecular complexity index is 537. The maximum Gasteiger partial charge on any atom is 0.303 e. The molecule has 0 rings (SSSR count). The Morgan fingerprint density at radius 2 is 0.825 bits per heavy atom. The average Bonchev–Trinajstić information content (AvgIpc) is 2.94. The van der Waals surface area contributed by atoms with E-state index in [9.17, 15) is 9.59 Å². The van der Waals surface area contributed by atoms with E-state index in [1.807, 2.05) is 0 Å². The summed E-state index contributed by atoms with van der Waals surface area (Å²) in [6.07, 6.45) is 15.3. The van der Waals surface area contributed by atoms with Crippen LogP contribution in [-0.2, 0) is 38.0 Å². The van der Waals surface area contributed by atoms with Gasteiger partial charge in [0, 0.05) is 26.2 Å². The van der Waals surface area contributed by atoms with Crippen LogP contribution in [0.4, 0.5) is 0 Å². The quantitative estimate of drug-likeness (QED) is 0.104. The van der Waals surface area contributed by atoms with E-state index in [1.54, 1.807) is 0 Å². The van der Waals surface area contributed by atoms with E-state index >= 15 is 0 Å². The first-order chi connectivity index (χ1) is 19.7. The lowest BCUT2D eigenvalue weighted by molar-refractivity contribution is -0.138. The Balaban J connectivity index is 3.07. The van der Waals surface area contributed by atoms with Gasteiger partial charge in [0.1, 0.15) is 0 Å². The van der Waals surface area contributed by atoms with Crippen LogP contribution in [0.5, 0.6) is 0 Å². The van der Waals surface area contributed by atoms with Crippen LogP contribution in [-0.4, -0.2) is 103 Å². The van der Waals surface area contributed by atoms with Crippen molar-refractivity contribution in [1.29, 1.82) is 0 Å².